The van der Waals surface area contributed by atoms with Gasteiger partial charge in [0, 0.05) is 11.8 Å². The lowest BCUT2D eigenvalue weighted by Crippen LogP contribution is -2.16. The number of hydrogen-bond acceptors (Lipinski definition) is 4. The molecule has 0 amide bonds. The number of benzene rings is 1. The lowest BCUT2D eigenvalue weighted by Gasteiger charge is -2.13. The maximum absolute atomic E-state index is 12.1. The minimum Gasteiger partial charge on any atom is -0.483 e. The van der Waals surface area contributed by atoms with E-state index in [1.54, 1.807) is 23.1 Å². The van der Waals surface area contributed by atoms with E-state index in [1.165, 1.54) is 6.07 Å². The van der Waals surface area contributed by atoms with Crippen LogP contribution in [0.2, 0.25) is 0 Å². The van der Waals surface area contributed by atoms with Gasteiger partial charge in [0.05, 0.1) is 25.6 Å². The van der Waals surface area contributed by atoms with Crippen molar-refractivity contribution in [3.63, 3.8) is 0 Å². The topological polar surface area (TPSA) is 64.6 Å². The molecule has 1 N–H and O–H groups in total. The van der Waals surface area contributed by atoms with Crippen molar-refractivity contribution in [1.29, 1.82) is 0 Å². The predicted molar refractivity (Wildman–Crippen MR) is 85.2 cm³/mol. The van der Waals surface area contributed by atoms with Crippen LogP contribution >= 0.6 is 0 Å². The van der Waals surface area contributed by atoms with Crippen molar-refractivity contribution in [1.82, 2.24) is 4.57 Å². The molecule has 23 heavy (non-hydrogen) atoms. The Hall–Kier alpha value is -2.79. The van der Waals surface area contributed by atoms with Gasteiger partial charge in [0.2, 0.25) is 5.43 Å². The van der Waals surface area contributed by atoms with Gasteiger partial charge in [0.25, 0.3) is 0 Å². The van der Waals surface area contributed by atoms with Crippen LogP contribution in [0.4, 0.5) is 0 Å². The van der Waals surface area contributed by atoms with E-state index in [-0.39, 0.29) is 17.8 Å². The fraction of sp³-hybridized carbons (Fsp3) is 0.167. The molecule has 0 atom stereocenters. The normalized spacial score (nSPS) is 10.7. The van der Waals surface area contributed by atoms with Crippen molar-refractivity contribution in [3.05, 3.63) is 88.2 Å². The fourth-order valence-electron chi connectivity index (χ4n) is 2.29. The largest absolute Gasteiger partial charge is 0.483 e. The Bertz CT molecular complexity index is 807. The molecule has 0 aliphatic carbocycles. The van der Waals surface area contributed by atoms with E-state index in [0.717, 1.165) is 11.3 Å². The molecule has 2 heterocycles. The van der Waals surface area contributed by atoms with Crippen LogP contribution in [0.3, 0.4) is 0 Å². The first-order valence-corrected chi connectivity index (χ1v) is 7.29. The molecule has 0 aliphatic rings. The summed E-state index contributed by atoms with van der Waals surface area (Å²) in [6.07, 6.45) is 3.20. The smallest absolute Gasteiger partial charge is 0.223 e. The zero-order chi connectivity index (χ0) is 16.1. The summed E-state index contributed by atoms with van der Waals surface area (Å²) in [5.41, 5.74) is 1.25. The van der Waals surface area contributed by atoms with Crippen LogP contribution < -0.4 is 10.2 Å². The molecule has 0 saturated carbocycles. The minimum absolute atomic E-state index is 0.227. The molecule has 0 fully saturated rings. The second kappa shape index (κ2) is 6.98. The van der Waals surface area contributed by atoms with Crippen LogP contribution in [-0.4, -0.2) is 9.67 Å². The van der Waals surface area contributed by atoms with Gasteiger partial charge in [-0.05, 0) is 17.7 Å². The Morgan fingerprint density at radius 1 is 1.13 bits per heavy atom. The molecule has 0 saturated heterocycles. The van der Waals surface area contributed by atoms with E-state index in [1.807, 2.05) is 36.4 Å². The van der Waals surface area contributed by atoms with E-state index in [2.05, 4.69) is 0 Å². The first-order valence-electron chi connectivity index (χ1n) is 7.29. The highest BCUT2D eigenvalue weighted by molar-refractivity contribution is 5.23. The summed E-state index contributed by atoms with van der Waals surface area (Å²) in [5, 5.41) is 9.44. The SMILES string of the molecule is O=c1cc(CO)n(Cc2ccco2)cc1OCc1ccccc1. The molecule has 118 valence electrons. The summed E-state index contributed by atoms with van der Waals surface area (Å²) in [5.74, 6) is 0.981. The fourth-order valence-corrected chi connectivity index (χ4v) is 2.29. The number of pyridine rings is 1. The summed E-state index contributed by atoms with van der Waals surface area (Å²) in [7, 11) is 0. The Morgan fingerprint density at radius 3 is 2.65 bits per heavy atom. The molecular formula is C18H17NO4. The predicted octanol–water partition coefficient (Wildman–Crippen LogP) is 2.56. The van der Waals surface area contributed by atoms with Crippen LogP contribution in [-0.2, 0) is 19.8 Å². The molecule has 3 aromatic rings. The Labute approximate surface area is 133 Å². The molecule has 5 nitrogen and oxygen atoms in total. The Morgan fingerprint density at radius 2 is 1.96 bits per heavy atom. The van der Waals surface area contributed by atoms with Crippen molar-refractivity contribution in [3.8, 4) is 5.75 Å². The second-order valence-electron chi connectivity index (χ2n) is 5.13. The van der Waals surface area contributed by atoms with E-state index in [0.29, 0.717) is 18.8 Å². The van der Waals surface area contributed by atoms with Gasteiger partial charge in [0.1, 0.15) is 12.4 Å². The lowest BCUT2D eigenvalue weighted by molar-refractivity contribution is 0.265. The van der Waals surface area contributed by atoms with Crippen LogP contribution in [0.15, 0.2) is 70.2 Å². The summed E-state index contributed by atoms with van der Waals surface area (Å²) < 4.78 is 12.7. The number of ether oxygens (including phenoxy) is 1. The van der Waals surface area contributed by atoms with Crippen LogP contribution in [0.1, 0.15) is 17.0 Å². The van der Waals surface area contributed by atoms with Crippen LogP contribution in [0.25, 0.3) is 0 Å². The first kappa shape index (κ1) is 15.1. The van der Waals surface area contributed by atoms with Crippen molar-refractivity contribution in [2.45, 2.75) is 19.8 Å². The van der Waals surface area contributed by atoms with E-state index < -0.39 is 0 Å². The maximum Gasteiger partial charge on any atom is 0.223 e. The van der Waals surface area contributed by atoms with Crippen molar-refractivity contribution in [2.24, 2.45) is 0 Å². The van der Waals surface area contributed by atoms with Gasteiger partial charge in [-0.15, -0.1) is 0 Å². The molecule has 1 aromatic carbocycles. The molecule has 0 aliphatic heterocycles. The molecule has 2 aromatic heterocycles. The summed E-state index contributed by atoms with van der Waals surface area (Å²) in [4.78, 5) is 12.1. The zero-order valence-electron chi connectivity index (χ0n) is 12.5. The van der Waals surface area contributed by atoms with E-state index >= 15 is 0 Å². The Kier molecular flexibility index (Phi) is 4.59. The molecule has 0 unspecified atom stereocenters. The van der Waals surface area contributed by atoms with Gasteiger partial charge in [0.15, 0.2) is 5.75 Å². The minimum atomic E-state index is -0.249. The molecule has 3 rings (SSSR count). The van der Waals surface area contributed by atoms with Crippen LogP contribution in [0, 0.1) is 0 Å². The zero-order valence-corrected chi connectivity index (χ0v) is 12.5. The third kappa shape index (κ3) is 3.70. The van der Waals surface area contributed by atoms with Crippen molar-refractivity contribution in [2.75, 3.05) is 0 Å². The van der Waals surface area contributed by atoms with Gasteiger partial charge in [-0.2, -0.15) is 0 Å². The molecule has 5 heteroatoms. The van der Waals surface area contributed by atoms with E-state index in [9.17, 15) is 9.90 Å². The van der Waals surface area contributed by atoms with E-state index in [4.69, 9.17) is 9.15 Å². The second-order valence-corrected chi connectivity index (χ2v) is 5.13. The van der Waals surface area contributed by atoms with Crippen molar-refractivity contribution >= 4 is 0 Å². The highest BCUT2D eigenvalue weighted by atomic mass is 16.5. The van der Waals surface area contributed by atoms with Gasteiger partial charge < -0.3 is 18.8 Å². The average Bonchev–Trinajstić information content (AvgIpc) is 3.09. The molecular weight excluding hydrogens is 294 g/mol. The standard InChI is InChI=1S/C18H17NO4/c20-12-15-9-17(21)18(23-13-14-5-2-1-3-6-14)11-19(15)10-16-7-4-8-22-16/h1-9,11,20H,10,12-13H2. The summed E-state index contributed by atoms with van der Waals surface area (Å²) in [6.45, 7) is 0.509. The number of rotatable bonds is 6. The maximum atomic E-state index is 12.1. The lowest BCUT2D eigenvalue weighted by atomic mass is 10.2. The summed E-state index contributed by atoms with van der Waals surface area (Å²) >= 11 is 0. The average molecular weight is 311 g/mol. The summed E-state index contributed by atoms with van der Waals surface area (Å²) in [6, 6.07) is 14.7. The third-order valence-electron chi connectivity index (χ3n) is 3.49. The van der Waals surface area contributed by atoms with Gasteiger partial charge in [-0.3, -0.25) is 4.79 Å². The first-order chi connectivity index (χ1) is 11.3. The number of nitrogens with zero attached hydrogens (tertiary/aromatic N) is 1. The molecule has 0 spiro atoms. The highest BCUT2D eigenvalue weighted by Gasteiger charge is 2.09. The number of aliphatic hydroxyl groups is 1. The molecule has 0 bridgehead atoms. The number of aliphatic hydroxyl groups excluding tert-OH is 1. The van der Waals surface area contributed by atoms with Gasteiger partial charge in [-0.25, -0.2) is 0 Å². The molecule has 0 radical (unpaired) electrons. The monoisotopic (exact) mass is 311 g/mol. The van der Waals surface area contributed by atoms with Crippen molar-refractivity contribution < 1.29 is 14.3 Å². The number of aromatic nitrogens is 1. The van der Waals surface area contributed by atoms with Crippen LogP contribution in [0.5, 0.6) is 5.75 Å². The number of hydrogen-bond donors (Lipinski definition) is 1. The highest BCUT2D eigenvalue weighted by Crippen LogP contribution is 2.13. The van der Waals surface area contributed by atoms with Gasteiger partial charge in [-0.1, -0.05) is 30.3 Å². The quantitative estimate of drug-likeness (QED) is 0.760. The van der Waals surface area contributed by atoms with Gasteiger partial charge >= 0.3 is 0 Å². The Balaban J connectivity index is 1.83. The number of furan rings is 1. The third-order valence-corrected chi connectivity index (χ3v) is 3.49.